The van der Waals surface area contributed by atoms with Gasteiger partial charge >= 0.3 is 0 Å². The zero-order valence-corrected chi connectivity index (χ0v) is 9.21. The van der Waals surface area contributed by atoms with E-state index in [9.17, 15) is 4.79 Å². The molecule has 0 saturated heterocycles. The molecule has 0 saturated carbocycles. The lowest BCUT2D eigenvalue weighted by molar-refractivity contribution is 0.100. The molecule has 0 heterocycles. The average Bonchev–Trinajstić information content (AvgIpc) is 2.15. The molecule has 0 aromatic heterocycles. The van der Waals surface area contributed by atoms with Crippen LogP contribution in [0, 0.1) is 0 Å². The summed E-state index contributed by atoms with van der Waals surface area (Å²) in [6.45, 7) is 2.51. The lowest BCUT2D eigenvalue weighted by atomic mass is 10.2. The van der Waals surface area contributed by atoms with Gasteiger partial charge in [0.1, 0.15) is 0 Å². The molecular weight excluding hydrogens is 214 g/mol. The summed E-state index contributed by atoms with van der Waals surface area (Å²) < 4.78 is 0. The number of carbonyl (C=O) groups is 1. The summed E-state index contributed by atoms with van der Waals surface area (Å²) in [6, 6.07) is 4.91. The van der Waals surface area contributed by atoms with Crippen LogP contribution >= 0.6 is 11.6 Å². The third kappa shape index (κ3) is 3.42. The lowest BCUT2D eigenvalue weighted by Crippen LogP contribution is -2.25. The zero-order chi connectivity index (χ0) is 11.4. The second-order valence-electron chi connectivity index (χ2n) is 3.42. The maximum atomic E-state index is 10.9. The Morgan fingerprint density at radius 1 is 1.60 bits per heavy atom. The third-order valence-corrected chi connectivity index (χ3v) is 2.18. The van der Waals surface area contributed by atoms with E-state index in [1.165, 1.54) is 6.07 Å². The van der Waals surface area contributed by atoms with Crippen molar-refractivity contribution in [2.75, 3.05) is 11.9 Å². The second kappa shape index (κ2) is 5.00. The van der Waals surface area contributed by atoms with Crippen molar-refractivity contribution in [1.82, 2.24) is 0 Å². The fourth-order valence-corrected chi connectivity index (χ4v) is 1.33. The minimum absolute atomic E-state index is 0.0388. The van der Waals surface area contributed by atoms with Crippen molar-refractivity contribution in [1.29, 1.82) is 0 Å². The standard InChI is InChI=1S/C10H14ClN3O/c1-6(12)5-14-9-3-2-7(10(13)15)4-8(9)11/h2-4,6,14H,5,12H2,1H3,(H2,13,15). The Balaban J connectivity index is 2.79. The molecule has 5 heteroatoms. The van der Waals surface area contributed by atoms with Gasteiger partial charge in [0.2, 0.25) is 5.91 Å². The molecule has 0 aliphatic rings. The summed E-state index contributed by atoms with van der Waals surface area (Å²) >= 11 is 5.95. The second-order valence-corrected chi connectivity index (χ2v) is 3.82. The van der Waals surface area contributed by atoms with Crippen LogP contribution in [0.25, 0.3) is 0 Å². The molecule has 82 valence electrons. The zero-order valence-electron chi connectivity index (χ0n) is 8.46. The molecule has 0 fully saturated rings. The molecule has 1 aromatic rings. The van der Waals surface area contributed by atoms with Crippen molar-refractivity contribution in [3.63, 3.8) is 0 Å². The minimum atomic E-state index is -0.490. The number of nitrogens with one attached hydrogen (secondary N) is 1. The van der Waals surface area contributed by atoms with Gasteiger partial charge in [-0.05, 0) is 25.1 Å². The maximum absolute atomic E-state index is 10.9. The van der Waals surface area contributed by atoms with Gasteiger partial charge in [-0.2, -0.15) is 0 Å². The molecule has 0 radical (unpaired) electrons. The summed E-state index contributed by atoms with van der Waals surface area (Å²) in [5.41, 5.74) is 11.8. The number of hydrogen-bond donors (Lipinski definition) is 3. The first-order valence-corrected chi connectivity index (χ1v) is 4.97. The van der Waals surface area contributed by atoms with Gasteiger partial charge in [0.05, 0.1) is 10.7 Å². The van der Waals surface area contributed by atoms with Crippen molar-refractivity contribution < 1.29 is 4.79 Å². The van der Waals surface area contributed by atoms with E-state index in [-0.39, 0.29) is 6.04 Å². The van der Waals surface area contributed by atoms with Crippen LogP contribution in [0.4, 0.5) is 5.69 Å². The number of halogens is 1. The summed E-state index contributed by atoms with van der Waals surface area (Å²) in [4.78, 5) is 10.9. The van der Waals surface area contributed by atoms with Gasteiger partial charge in [-0.3, -0.25) is 4.79 Å². The highest BCUT2D eigenvalue weighted by atomic mass is 35.5. The Bertz CT molecular complexity index is 366. The van der Waals surface area contributed by atoms with Crippen LogP contribution in [-0.2, 0) is 0 Å². The number of hydrogen-bond acceptors (Lipinski definition) is 3. The van der Waals surface area contributed by atoms with Crippen LogP contribution in [-0.4, -0.2) is 18.5 Å². The van der Waals surface area contributed by atoms with E-state index in [2.05, 4.69) is 5.32 Å². The van der Waals surface area contributed by atoms with Gasteiger partial charge in [0, 0.05) is 18.2 Å². The van der Waals surface area contributed by atoms with Crippen molar-refractivity contribution in [2.45, 2.75) is 13.0 Å². The summed E-state index contributed by atoms with van der Waals surface area (Å²) in [6.07, 6.45) is 0. The molecule has 1 amide bonds. The van der Waals surface area contributed by atoms with E-state index in [1.807, 2.05) is 6.92 Å². The molecule has 0 aliphatic carbocycles. The van der Waals surface area contributed by atoms with E-state index in [0.29, 0.717) is 17.1 Å². The van der Waals surface area contributed by atoms with E-state index in [1.54, 1.807) is 12.1 Å². The van der Waals surface area contributed by atoms with E-state index >= 15 is 0 Å². The SMILES string of the molecule is CC(N)CNc1ccc(C(N)=O)cc1Cl. The van der Waals surface area contributed by atoms with Gasteiger partial charge in [-0.15, -0.1) is 0 Å². The number of amides is 1. The minimum Gasteiger partial charge on any atom is -0.382 e. The third-order valence-electron chi connectivity index (χ3n) is 1.87. The molecule has 0 spiro atoms. The summed E-state index contributed by atoms with van der Waals surface area (Å²) in [5.74, 6) is -0.490. The van der Waals surface area contributed by atoms with Gasteiger partial charge < -0.3 is 16.8 Å². The average molecular weight is 228 g/mol. The number of carbonyl (C=O) groups excluding carboxylic acids is 1. The summed E-state index contributed by atoms with van der Waals surface area (Å²) in [5, 5.41) is 3.53. The van der Waals surface area contributed by atoms with Crippen LogP contribution in [0.15, 0.2) is 18.2 Å². The number of benzene rings is 1. The van der Waals surface area contributed by atoms with Gasteiger partial charge in [0.15, 0.2) is 0 Å². The van der Waals surface area contributed by atoms with Gasteiger partial charge in [-0.25, -0.2) is 0 Å². The van der Waals surface area contributed by atoms with Crippen molar-refractivity contribution >= 4 is 23.2 Å². The quantitative estimate of drug-likeness (QED) is 0.723. The molecule has 0 aliphatic heterocycles. The Hall–Kier alpha value is -1.26. The molecule has 1 aromatic carbocycles. The molecule has 0 bridgehead atoms. The molecule has 5 N–H and O–H groups in total. The van der Waals surface area contributed by atoms with Gasteiger partial charge in [0.25, 0.3) is 0 Å². The first-order valence-electron chi connectivity index (χ1n) is 4.59. The topological polar surface area (TPSA) is 81.1 Å². The first-order chi connectivity index (χ1) is 7.00. The monoisotopic (exact) mass is 227 g/mol. The molecule has 1 rings (SSSR count). The van der Waals surface area contributed by atoms with Crippen molar-refractivity contribution in [2.24, 2.45) is 11.5 Å². The van der Waals surface area contributed by atoms with E-state index in [4.69, 9.17) is 23.1 Å². The molecule has 1 atom stereocenters. The Morgan fingerprint density at radius 3 is 2.73 bits per heavy atom. The van der Waals surface area contributed by atoms with Crippen LogP contribution < -0.4 is 16.8 Å². The smallest absolute Gasteiger partial charge is 0.248 e. The van der Waals surface area contributed by atoms with Crippen LogP contribution in [0.3, 0.4) is 0 Å². The molecule has 4 nitrogen and oxygen atoms in total. The Labute approximate surface area is 93.6 Å². The molecular formula is C10H14ClN3O. The number of primary amides is 1. The van der Waals surface area contributed by atoms with E-state index < -0.39 is 5.91 Å². The molecule has 1 unspecified atom stereocenters. The van der Waals surface area contributed by atoms with Gasteiger partial charge in [-0.1, -0.05) is 11.6 Å². The van der Waals surface area contributed by atoms with Crippen LogP contribution in [0.2, 0.25) is 5.02 Å². The normalized spacial score (nSPS) is 12.2. The number of rotatable bonds is 4. The first kappa shape index (κ1) is 11.8. The largest absolute Gasteiger partial charge is 0.382 e. The molecule has 15 heavy (non-hydrogen) atoms. The summed E-state index contributed by atoms with van der Waals surface area (Å²) in [7, 11) is 0. The van der Waals surface area contributed by atoms with E-state index in [0.717, 1.165) is 5.69 Å². The predicted molar refractivity (Wildman–Crippen MR) is 62.1 cm³/mol. The lowest BCUT2D eigenvalue weighted by Gasteiger charge is -2.11. The number of nitrogens with two attached hydrogens (primary N) is 2. The van der Waals surface area contributed by atoms with Crippen LogP contribution in [0.5, 0.6) is 0 Å². The van der Waals surface area contributed by atoms with Crippen molar-refractivity contribution in [3.8, 4) is 0 Å². The van der Waals surface area contributed by atoms with Crippen molar-refractivity contribution in [3.05, 3.63) is 28.8 Å². The number of anilines is 1. The Morgan fingerprint density at radius 2 is 2.27 bits per heavy atom. The maximum Gasteiger partial charge on any atom is 0.248 e. The predicted octanol–water partition coefficient (Wildman–Crippen LogP) is 1.20. The fraction of sp³-hybridized carbons (Fsp3) is 0.300. The van der Waals surface area contributed by atoms with Crippen LogP contribution in [0.1, 0.15) is 17.3 Å². The highest BCUT2D eigenvalue weighted by Gasteiger charge is 2.05. The highest BCUT2D eigenvalue weighted by Crippen LogP contribution is 2.22. The Kier molecular flexibility index (Phi) is 3.94. The fourth-order valence-electron chi connectivity index (χ4n) is 1.08. The highest BCUT2D eigenvalue weighted by molar-refractivity contribution is 6.33.